The van der Waals surface area contributed by atoms with Gasteiger partial charge in [0.2, 0.25) is 5.16 Å². The van der Waals surface area contributed by atoms with Crippen molar-refractivity contribution in [3.63, 3.8) is 0 Å². The molecule has 0 aliphatic heterocycles. The average Bonchev–Trinajstić information content (AvgIpc) is 2.87. The fourth-order valence-corrected chi connectivity index (χ4v) is 3.34. The van der Waals surface area contributed by atoms with Crippen LogP contribution in [0.2, 0.25) is 0 Å². The van der Waals surface area contributed by atoms with E-state index in [2.05, 4.69) is 20.5 Å². The number of aliphatic carboxylic acids is 1. The lowest BCUT2D eigenvalue weighted by molar-refractivity contribution is -0.144. The number of aromatic amines is 1. The van der Waals surface area contributed by atoms with E-state index in [0.29, 0.717) is 18.0 Å². The molecule has 0 aromatic carbocycles. The van der Waals surface area contributed by atoms with Gasteiger partial charge in [0.25, 0.3) is 0 Å². The highest BCUT2D eigenvalue weighted by Gasteiger charge is 2.44. The first-order valence-electron chi connectivity index (χ1n) is 5.54. The molecular weight excluding hydrogens is 240 g/mol. The lowest BCUT2D eigenvalue weighted by Gasteiger charge is -2.23. The number of hydrogen-bond acceptors (Lipinski definition) is 5. The van der Waals surface area contributed by atoms with Gasteiger partial charge in [-0.3, -0.25) is 9.89 Å². The van der Waals surface area contributed by atoms with Crippen LogP contribution in [0.4, 0.5) is 0 Å². The molecule has 0 bridgehead atoms. The Labute approximate surface area is 104 Å². The van der Waals surface area contributed by atoms with Crippen LogP contribution in [0, 0.1) is 6.92 Å². The lowest BCUT2D eigenvalue weighted by atomic mass is 9.99. The van der Waals surface area contributed by atoms with E-state index in [1.165, 1.54) is 0 Å². The highest BCUT2D eigenvalue weighted by atomic mass is 32.2. The van der Waals surface area contributed by atoms with Crippen molar-refractivity contribution in [2.75, 3.05) is 7.05 Å². The van der Waals surface area contributed by atoms with Gasteiger partial charge in [0.05, 0.1) is 0 Å². The monoisotopic (exact) mass is 256 g/mol. The van der Waals surface area contributed by atoms with Crippen LogP contribution >= 0.6 is 11.8 Å². The summed E-state index contributed by atoms with van der Waals surface area (Å²) in [5.74, 6) is 0.0119. The number of H-pyrrole nitrogens is 1. The van der Waals surface area contributed by atoms with Crippen LogP contribution in [0.1, 0.15) is 25.1 Å². The largest absolute Gasteiger partial charge is 0.480 e. The van der Waals surface area contributed by atoms with Crippen LogP contribution in [-0.2, 0) is 4.79 Å². The Bertz CT molecular complexity index is 422. The predicted molar refractivity (Wildman–Crippen MR) is 64.0 cm³/mol. The molecule has 1 aromatic rings. The van der Waals surface area contributed by atoms with Crippen molar-refractivity contribution in [1.82, 2.24) is 20.5 Å². The first kappa shape index (κ1) is 12.4. The molecule has 1 saturated carbocycles. The van der Waals surface area contributed by atoms with Crippen LogP contribution in [0.25, 0.3) is 0 Å². The van der Waals surface area contributed by atoms with E-state index >= 15 is 0 Å². The van der Waals surface area contributed by atoms with Crippen molar-refractivity contribution >= 4 is 17.7 Å². The highest BCUT2D eigenvalue weighted by molar-refractivity contribution is 7.99. The first-order chi connectivity index (χ1) is 8.05. The van der Waals surface area contributed by atoms with Gasteiger partial charge in [0.15, 0.2) is 0 Å². The quantitative estimate of drug-likeness (QED) is 0.738. The van der Waals surface area contributed by atoms with Crippen molar-refractivity contribution in [1.29, 1.82) is 0 Å². The minimum absolute atomic E-state index is 0.258. The van der Waals surface area contributed by atoms with E-state index in [1.54, 1.807) is 18.8 Å². The summed E-state index contributed by atoms with van der Waals surface area (Å²) in [6.45, 7) is 1.85. The average molecular weight is 256 g/mol. The second-order valence-corrected chi connectivity index (χ2v) is 5.59. The molecule has 0 amide bonds. The van der Waals surface area contributed by atoms with E-state index in [-0.39, 0.29) is 5.25 Å². The molecule has 2 unspecified atom stereocenters. The molecule has 7 heteroatoms. The Morgan fingerprint density at radius 2 is 2.47 bits per heavy atom. The summed E-state index contributed by atoms with van der Waals surface area (Å²) in [6, 6.07) is 0. The molecule has 6 nitrogen and oxygen atoms in total. The van der Waals surface area contributed by atoms with Crippen molar-refractivity contribution < 1.29 is 9.90 Å². The molecule has 2 rings (SSSR count). The van der Waals surface area contributed by atoms with E-state index in [0.717, 1.165) is 12.2 Å². The molecule has 94 valence electrons. The third-order valence-electron chi connectivity index (χ3n) is 3.21. The number of likely N-dealkylation sites (N-methyl/N-ethyl adjacent to an activating group) is 1. The van der Waals surface area contributed by atoms with E-state index in [1.807, 2.05) is 6.92 Å². The second-order valence-electron chi connectivity index (χ2n) is 4.32. The topological polar surface area (TPSA) is 90.9 Å². The minimum Gasteiger partial charge on any atom is -0.480 e. The van der Waals surface area contributed by atoms with Gasteiger partial charge in [-0.15, -0.1) is 5.10 Å². The standard InChI is InChI=1S/C10H16N4O2S/c1-6-12-9(14-13-6)17-7-3-4-10(5-7,11-2)8(15)16/h7,11H,3-5H2,1-2H3,(H,15,16)(H,12,13,14). The van der Waals surface area contributed by atoms with Crippen molar-refractivity contribution in [2.45, 2.75) is 42.1 Å². The van der Waals surface area contributed by atoms with Gasteiger partial charge in [0, 0.05) is 5.25 Å². The molecule has 1 heterocycles. The minimum atomic E-state index is -0.775. The number of nitrogens with one attached hydrogen (secondary N) is 2. The van der Waals surface area contributed by atoms with Crippen molar-refractivity contribution in [2.24, 2.45) is 0 Å². The molecule has 0 radical (unpaired) electrons. The van der Waals surface area contributed by atoms with Gasteiger partial charge >= 0.3 is 5.97 Å². The summed E-state index contributed by atoms with van der Waals surface area (Å²) in [4.78, 5) is 15.5. The zero-order valence-corrected chi connectivity index (χ0v) is 10.7. The predicted octanol–water partition coefficient (Wildman–Crippen LogP) is 0.801. The maximum Gasteiger partial charge on any atom is 0.323 e. The number of carboxylic acid groups (broad SMARTS) is 1. The number of aromatic nitrogens is 3. The van der Waals surface area contributed by atoms with Crippen LogP contribution in [0.15, 0.2) is 5.16 Å². The molecule has 17 heavy (non-hydrogen) atoms. The van der Waals surface area contributed by atoms with E-state index in [4.69, 9.17) is 0 Å². The molecule has 0 spiro atoms. The summed E-state index contributed by atoms with van der Waals surface area (Å²) < 4.78 is 0. The highest BCUT2D eigenvalue weighted by Crippen LogP contribution is 2.39. The Balaban J connectivity index is 2.00. The van der Waals surface area contributed by atoms with Crippen LogP contribution < -0.4 is 5.32 Å². The number of thioether (sulfide) groups is 1. The summed E-state index contributed by atoms with van der Waals surface area (Å²) >= 11 is 1.55. The maximum atomic E-state index is 11.2. The van der Waals surface area contributed by atoms with Gasteiger partial charge in [-0.1, -0.05) is 11.8 Å². The molecule has 1 aliphatic carbocycles. The number of nitrogens with zero attached hydrogens (tertiary/aromatic N) is 2. The van der Waals surface area contributed by atoms with Gasteiger partial charge in [-0.05, 0) is 33.2 Å². The molecule has 1 aliphatic rings. The summed E-state index contributed by atoms with van der Waals surface area (Å²) in [5, 5.41) is 20.0. The summed E-state index contributed by atoms with van der Waals surface area (Å²) in [5.41, 5.74) is -0.775. The van der Waals surface area contributed by atoms with Gasteiger partial charge in [0.1, 0.15) is 11.4 Å². The van der Waals surface area contributed by atoms with Crippen molar-refractivity contribution in [3.8, 4) is 0 Å². The molecule has 1 fully saturated rings. The number of carbonyl (C=O) groups is 1. The van der Waals surface area contributed by atoms with Gasteiger partial charge in [-0.25, -0.2) is 4.98 Å². The van der Waals surface area contributed by atoms with Gasteiger partial charge in [-0.2, -0.15) is 0 Å². The van der Waals surface area contributed by atoms with Gasteiger partial charge < -0.3 is 10.4 Å². The summed E-state index contributed by atoms with van der Waals surface area (Å²) in [7, 11) is 1.71. The molecular formula is C10H16N4O2S. The van der Waals surface area contributed by atoms with Crippen molar-refractivity contribution in [3.05, 3.63) is 5.82 Å². The zero-order valence-electron chi connectivity index (χ0n) is 9.86. The number of hydrogen-bond donors (Lipinski definition) is 3. The first-order valence-corrected chi connectivity index (χ1v) is 6.42. The van der Waals surface area contributed by atoms with Crippen LogP contribution in [0.5, 0.6) is 0 Å². The molecule has 2 atom stereocenters. The normalized spacial score (nSPS) is 28.5. The van der Waals surface area contributed by atoms with E-state index in [9.17, 15) is 9.90 Å². The third kappa shape index (κ3) is 2.44. The summed E-state index contributed by atoms with van der Waals surface area (Å²) in [6.07, 6.45) is 2.13. The molecule has 3 N–H and O–H groups in total. The Morgan fingerprint density at radius 1 is 1.71 bits per heavy atom. The number of aryl methyl sites for hydroxylation is 1. The number of carboxylic acids is 1. The van der Waals surface area contributed by atoms with Crippen LogP contribution in [-0.4, -0.2) is 44.1 Å². The second kappa shape index (κ2) is 4.66. The molecule has 1 aromatic heterocycles. The van der Waals surface area contributed by atoms with Crippen LogP contribution in [0.3, 0.4) is 0 Å². The fraction of sp³-hybridized carbons (Fsp3) is 0.700. The Kier molecular flexibility index (Phi) is 3.39. The Hall–Kier alpha value is -1.08. The maximum absolute atomic E-state index is 11.2. The SMILES string of the molecule is CNC1(C(=O)O)CCC(Sc2n[nH]c(C)n2)C1. The lowest BCUT2D eigenvalue weighted by Crippen LogP contribution is -2.48. The zero-order chi connectivity index (χ0) is 12.5. The third-order valence-corrected chi connectivity index (χ3v) is 4.34. The number of rotatable bonds is 4. The fourth-order valence-electron chi connectivity index (χ4n) is 2.15. The molecule has 0 saturated heterocycles. The Morgan fingerprint density at radius 3 is 2.94 bits per heavy atom. The smallest absolute Gasteiger partial charge is 0.323 e. The van der Waals surface area contributed by atoms with E-state index < -0.39 is 11.5 Å².